The van der Waals surface area contributed by atoms with E-state index in [0.717, 1.165) is 81.5 Å². The number of hydrogen-bond donors (Lipinski definition) is 0. The van der Waals surface area contributed by atoms with Gasteiger partial charge in [0.2, 0.25) is 5.76 Å². The summed E-state index contributed by atoms with van der Waals surface area (Å²) in [6.07, 6.45) is -1.63. The topological polar surface area (TPSA) is 114 Å². The molecule has 130 heavy (non-hydrogen) atoms. The number of ether oxygens (including phenoxy) is 1. The quantitative estimate of drug-likeness (QED) is 0.0926. The molecule has 9 nitrogen and oxygen atoms in total. The number of para-hydroxylation sites is 1. The minimum Gasteiger partial charge on any atom is -0.496 e. The number of aryl methyl sites for hydroxylation is 11. The van der Waals surface area contributed by atoms with E-state index in [1.165, 1.54) is 77.7 Å². The Kier molecular flexibility index (Phi) is 56.4. The average molecular weight is 1830 g/mol. The van der Waals surface area contributed by atoms with Crippen LogP contribution in [0.4, 0.5) is 17.6 Å². The Labute approximate surface area is 792 Å². The molecule has 716 valence electrons. The van der Waals surface area contributed by atoms with E-state index in [1.807, 2.05) is 93.6 Å². The molecule has 0 aliphatic heterocycles. The van der Waals surface area contributed by atoms with Crippen molar-refractivity contribution in [3.05, 3.63) is 358 Å². The van der Waals surface area contributed by atoms with Crippen LogP contribution in [-0.2, 0) is 12.6 Å². The average Bonchev–Trinajstić information content (AvgIpc) is 1.70. The van der Waals surface area contributed by atoms with E-state index in [2.05, 4.69) is 343 Å². The van der Waals surface area contributed by atoms with Gasteiger partial charge in [-0.25, -0.2) is 9.37 Å². The maximum atomic E-state index is 12.8. The fourth-order valence-corrected chi connectivity index (χ4v) is 12.8. The Bertz CT molecular complexity index is 4820. The molecule has 0 radical (unpaired) electrons. The molecule has 13 aromatic rings. The number of aromatic nitrogens is 2. The maximum absolute atomic E-state index is 12.8. The first-order valence-corrected chi connectivity index (χ1v) is 47.6. The van der Waals surface area contributed by atoms with Crippen LogP contribution in [0.5, 0.6) is 5.75 Å². The van der Waals surface area contributed by atoms with Gasteiger partial charge in [0.05, 0.1) is 13.3 Å². The summed E-state index contributed by atoms with van der Waals surface area (Å²) in [5, 5.41) is 0.471. The summed E-state index contributed by atoms with van der Waals surface area (Å²) >= 11 is 7.43. The van der Waals surface area contributed by atoms with Gasteiger partial charge in [-0.2, -0.15) is 13.2 Å². The minimum absolute atomic E-state index is 0.0129. The lowest BCUT2D eigenvalue weighted by Gasteiger charge is -2.10. The summed E-state index contributed by atoms with van der Waals surface area (Å²) in [5.41, 5.74) is 15.2. The van der Waals surface area contributed by atoms with Crippen LogP contribution in [-0.4, -0.2) is 17.1 Å². The fraction of sp³-hybridized carbons (Fsp3) is 0.461. The van der Waals surface area contributed by atoms with Gasteiger partial charge < -0.3 is 31.2 Å². The number of nitrogens with zero attached hydrogens (tertiary/aromatic N) is 2. The van der Waals surface area contributed by atoms with Gasteiger partial charge in [0, 0.05) is 63.1 Å². The highest BCUT2D eigenvalue weighted by atomic mass is 35.5. The zero-order chi connectivity index (χ0) is 99.0. The van der Waals surface area contributed by atoms with Crippen molar-refractivity contribution in [3.63, 3.8) is 0 Å². The minimum atomic E-state index is -4.37. The largest absolute Gasteiger partial charge is 0.496 e. The summed E-state index contributed by atoms with van der Waals surface area (Å²) < 4.78 is 85.1. The second kappa shape index (κ2) is 61.9. The first-order chi connectivity index (χ1) is 60.7. The molecule has 8 aromatic heterocycles. The van der Waals surface area contributed by atoms with E-state index < -0.39 is 11.9 Å². The lowest BCUT2D eigenvalue weighted by atomic mass is 9.99. The monoisotopic (exact) mass is 1830 g/mol. The fourth-order valence-electron chi connectivity index (χ4n) is 11.8. The predicted molar refractivity (Wildman–Crippen MR) is 547 cm³/mol. The first kappa shape index (κ1) is 118. The normalized spacial score (nSPS) is 10.7. The van der Waals surface area contributed by atoms with Crippen molar-refractivity contribution >= 4 is 22.9 Å². The Morgan fingerprint density at radius 3 is 1.13 bits per heavy atom. The number of methoxy groups -OCH3 is 1. The second-order valence-corrected chi connectivity index (χ2v) is 38.4. The van der Waals surface area contributed by atoms with Crippen LogP contribution < -0.4 is 4.74 Å². The highest BCUT2D eigenvalue weighted by Gasteiger charge is 2.35. The van der Waals surface area contributed by atoms with Gasteiger partial charge in [-0.1, -0.05) is 307 Å². The number of thiophene rings is 1. The van der Waals surface area contributed by atoms with E-state index in [4.69, 9.17) is 38.4 Å². The summed E-state index contributed by atoms with van der Waals surface area (Å²) in [7, 11) is 1.71. The Morgan fingerprint density at radius 2 is 0.846 bits per heavy atom. The molecule has 8 heterocycles. The molecule has 0 aliphatic rings. The molecule has 0 amide bonds. The Balaban J connectivity index is 0.000000705. The summed E-state index contributed by atoms with van der Waals surface area (Å²) in [6, 6.07) is 66.0. The van der Waals surface area contributed by atoms with E-state index in [1.54, 1.807) is 40.1 Å². The Hall–Kier alpha value is -9.63. The van der Waals surface area contributed by atoms with Crippen LogP contribution in [0, 0.1) is 75.1 Å². The molecule has 0 saturated carbocycles. The van der Waals surface area contributed by atoms with Crippen molar-refractivity contribution in [2.45, 2.75) is 346 Å². The SMILES string of the molecule is CC(C)c1ccc(C(F)(F)F)o1.CC(C)c1ccc(Cl)o1.CCc1ccc(C(C)C)o1.COc1ccccc1C(C)C.Cc1cc(C(C)C)ccc1F.Cc1cc(C(C)C)oc1C.Cc1ccc(C(C)C)o1.Cc1ccc(C(C)C)s1.Cc1cccc(C(C)C)c1.Cc1cccc(C(C)C)c1.Cc1cccc(C(C)C)n1.Cc1ccccc1C(C)C.Cc1cnc(C(C)C)o1. The van der Waals surface area contributed by atoms with Gasteiger partial charge in [0.15, 0.2) is 11.1 Å². The molecule has 5 aromatic carbocycles. The van der Waals surface area contributed by atoms with Gasteiger partial charge in [0.1, 0.15) is 63.4 Å². The number of furan rings is 5. The molecule has 0 fully saturated rings. The van der Waals surface area contributed by atoms with Gasteiger partial charge in [-0.3, -0.25) is 4.98 Å². The number of halogens is 5. The third kappa shape index (κ3) is 48.5. The third-order valence-corrected chi connectivity index (χ3v) is 21.6. The highest BCUT2D eigenvalue weighted by Crippen LogP contribution is 2.33. The van der Waals surface area contributed by atoms with Crippen molar-refractivity contribution in [1.82, 2.24) is 9.97 Å². The van der Waals surface area contributed by atoms with Crippen LogP contribution in [0.3, 0.4) is 0 Å². The summed E-state index contributed by atoms with van der Waals surface area (Å²) in [5.74, 6) is 15.9. The van der Waals surface area contributed by atoms with Gasteiger partial charge in [-0.15, -0.1) is 11.3 Å². The predicted octanol–water partition coefficient (Wildman–Crippen LogP) is 38.4. The lowest BCUT2D eigenvalue weighted by Crippen LogP contribution is -2.02. The van der Waals surface area contributed by atoms with Gasteiger partial charge in [0.25, 0.3) is 0 Å². The number of rotatable bonds is 15. The van der Waals surface area contributed by atoms with Crippen molar-refractivity contribution in [3.8, 4) is 5.75 Å². The zero-order valence-electron chi connectivity index (χ0n) is 86.4. The standard InChI is InChI=1S/C10H13F.C10H14O.3C10H14.C9H13N.2C9H14O.C8H9F3O.C8H12O.C8H12S.C7H9ClO.C7H11NO/c1-7(2)9-4-5-10(11)8(3)6-9;1-8(2)9-6-4-5-7-10(9)11-3;2*1-8(2)10-6-4-5-9(3)7-10;1-8(2)10-7-5-4-6-9(10)3;1-7(2)9-6-4-5-8(3)10-9;1-6(2)9-5-7(3)8(4)10-9;1-4-8-5-6-9(10-8)7(2)3;1-5(2)6-3-4-7(12-6)8(9,10)11;2*1-6(2)8-5-4-7(3)9-8;1-5(2)6-3-4-7(8)9-6;1-5(2)7-8-4-6(3)9-7/h4-7H,1-3H3;4-8H,1-3H3;3*4-8H,1-3H3;4-7H,1-3H3;5-6H,1-4H3;5-7H,4H2,1-3H3;3-5H,1-2H3;2*4-6H,1-3H3;3-5H,1-2H3;4-5H,1-3H3. The smallest absolute Gasteiger partial charge is 0.449 e. The maximum Gasteiger partial charge on any atom is 0.449 e. The molecule has 0 bridgehead atoms. The molecule has 0 saturated heterocycles. The number of alkyl halides is 3. The molecular formula is C115H163ClF4N2O7S. The second-order valence-electron chi connectivity index (χ2n) is 36.7. The van der Waals surface area contributed by atoms with Crippen molar-refractivity contribution in [1.29, 1.82) is 0 Å². The number of oxazole rings is 1. The van der Waals surface area contributed by atoms with Crippen LogP contribution in [0.1, 0.15) is 404 Å². The number of hydrogen-bond acceptors (Lipinski definition) is 10. The van der Waals surface area contributed by atoms with Crippen molar-refractivity contribution in [2.75, 3.05) is 7.11 Å². The van der Waals surface area contributed by atoms with E-state index >= 15 is 0 Å². The summed E-state index contributed by atoms with van der Waals surface area (Å²) in [6.45, 7) is 77.6. The van der Waals surface area contributed by atoms with Gasteiger partial charge in [-0.05, 0) is 258 Å². The molecule has 13 rings (SSSR count). The van der Waals surface area contributed by atoms with Crippen molar-refractivity contribution < 1.29 is 48.8 Å². The first-order valence-electron chi connectivity index (χ1n) is 46.4. The van der Waals surface area contributed by atoms with E-state index in [9.17, 15) is 17.6 Å². The molecule has 0 aliphatic carbocycles. The van der Waals surface area contributed by atoms with Gasteiger partial charge >= 0.3 is 6.18 Å². The van der Waals surface area contributed by atoms with Crippen molar-refractivity contribution in [2.24, 2.45) is 0 Å². The molecular weight excluding hydrogens is 1660 g/mol. The molecule has 0 N–H and O–H groups in total. The van der Waals surface area contributed by atoms with E-state index in [0.29, 0.717) is 82.0 Å². The number of benzene rings is 5. The molecule has 15 heteroatoms. The molecule has 0 atom stereocenters. The number of pyridine rings is 1. The third-order valence-electron chi connectivity index (χ3n) is 20.1. The van der Waals surface area contributed by atoms with Crippen LogP contribution in [0.15, 0.2) is 233 Å². The lowest BCUT2D eigenvalue weighted by molar-refractivity contribution is -0.153. The van der Waals surface area contributed by atoms with Crippen LogP contribution in [0.25, 0.3) is 0 Å². The zero-order valence-corrected chi connectivity index (χ0v) is 88.0. The van der Waals surface area contributed by atoms with Crippen LogP contribution in [0.2, 0.25) is 5.22 Å². The Morgan fingerprint density at radius 1 is 0.369 bits per heavy atom. The summed E-state index contributed by atoms with van der Waals surface area (Å²) in [4.78, 5) is 11.3. The molecule has 0 spiro atoms. The molecule has 0 unspecified atom stereocenters. The van der Waals surface area contributed by atoms with E-state index in [-0.39, 0.29) is 11.7 Å². The highest BCUT2D eigenvalue weighted by molar-refractivity contribution is 7.12. The van der Waals surface area contributed by atoms with Crippen LogP contribution >= 0.6 is 22.9 Å².